The molecule has 3 aromatic carbocycles. The Labute approximate surface area is 205 Å². The van der Waals surface area contributed by atoms with Crippen LogP contribution in [0.1, 0.15) is 11.3 Å². The number of aryl methyl sites for hydroxylation is 2. The molecule has 0 aliphatic heterocycles. The molecule has 2 aromatic heterocycles. The van der Waals surface area contributed by atoms with Gasteiger partial charge in [0.25, 0.3) is 0 Å². The lowest BCUT2D eigenvalue weighted by Crippen LogP contribution is -2.13. The molecule has 8 nitrogen and oxygen atoms in total. The number of aromatic nitrogens is 3. The summed E-state index contributed by atoms with van der Waals surface area (Å²) in [6.45, 7) is 3.83. The summed E-state index contributed by atoms with van der Waals surface area (Å²) in [6.07, 6.45) is 0. The van der Waals surface area contributed by atoms with Gasteiger partial charge in [0.1, 0.15) is 0 Å². The monoisotopic (exact) mass is 479 g/mol. The van der Waals surface area contributed by atoms with Gasteiger partial charge in [-0.15, -0.1) is 16.5 Å². The third kappa shape index (κ3) is 5.04. The number of nitrogens with zero attached hydrogens (tertiary/aromatic N) is 6. The molecule has 2 heterocycles. The van der Waals surface area contributed by atoms with Crippen LogP contribution in [-0.4, -0.2) is 14.8 Å². The molecule has 9 heteroatoms. The molecule has 0 fully saturated rings. The van der Waals surface area contributed by atoms with E-state index < -0.39 is 0 Å². The van der Waals surface area contributed by atoms with Crippen LogP contribution in [0.2, 0.25) is 0 Å². The van der Waals surface area contributed by atoms with E-state index in [4.69, 9.17) is 0 Å². The molecule has 35 heavy (non-hydrogen) atoms. The van der Waals surface area contributed by atoms with Gasteiger partial charge in [0, 0.05) is 10.9 Å². The van der Waals surface area contributed by atoms with Gasteiger partial charge in [-0.1, -0.05) is 48.0 Å². The van der Waals surface area contributed by atoms with Crippen LogP contribution in [0.25, 0.3) is 16.4 Å². The smallest absolute Gasteiger partial charge is 0.291 e. The zero-order valence-electron chi connectivity index (χ0n) is 19.1. The van der Waals surface area contributed by atoms with Crippen LogP contribution in [-0.2, 0) is 0 Å². The molecule has 172 valence electrons. The molecular formula is C26H21N7OS. The van der Waals surface area contributed by atoms with E-state index in [9.17, 15) is 4.79 Å². The Kier molecular flexibility index (Phi) is 6.23. The van der Waals surface area contributed by atoms with E-state index in [2.05, 4.69) is 30.5 Å². The highest BCUT2D eigenvalue weighted by Crippen LogP contribution is 2.26. The molecular weight excluding hydrogens is 458 g/mol. The number of nitrogens with one attached hydrogen (secondary N) is 1. The van der Waals surface area contributed by atoms with Crippen molar-refractivity contribution >= 4 is 34.1 Å². The normalized spacial score (nSPS) is 11.6. The molecule has 0 bridgehead atoms. The van der Waals surface area contributed by atoms with Crippen molar-refractivity contribution < 1.29 is 0 Å². The van der Waals surface area contributed by atoms with Crippen molar-refractivity contribution in [1.29, 1.82) is 0 Å². The maximum absolute atomic E-state index is 13.0. The number of thiazole rings is 1. The number of H-pyrrole nitrogens is 1. The number of azo groups is 2. The van der Waals surface area contributed by atoms with Gasteiger partial charge in [-0.25, -0.2) is 4.98 Å². The molecule has 0 spiro atoms. The van der Waals surface area contributed by atoms with Crippen LogP contribution < -0.4 is 5.56 Å². The number of benzene rings is 3. The second-order valence-electron chi connectivity index (χ2n) is 7.86. The standard InChI is InChI=1S/C26H21N7OS/c1-17-8-10-19(11-9-17)23-16-35-26(27-23)33-25(34)24(18(2)32-33)31-30-22-14-12-21(13-15-22)29-28-20-6-4-3-5-7-20/h3-16,32H,1-2H3. The summed E-state index contributed by atoms with van der Waals surface area (Å²) in [5.41, 5.74) is 5.63. The van der Waals surface area contributed by atoms with Crippen molar-refractivity contribution in [2.75, 3.05) is 0 Å². The van der Waals surface area contributed by atoms with Crippen molar-refractivity contribution in [2.24, 2.45) is 20.5 Å². The summed E-state index contributed by atoms with van der Waals surface area (Å²) in [4.78, 5) is 17.6. The van der Waals surface area contributed by atoms with Crippen molar-refractivity contribution in [3.8, 4) is 16.4 Å². The summed E-state index contributed by atoms with van der Waals surface area (Å²) in [6, 6.07) is 24.8. The first-order chi connectivity index (χ1) is 17.1. The first-order valence-corrected chi connectivity index (χ1v) is 11.8. The summed E-state index contributed by atoms with van der Waals surface area (Å²) >= 11 is 1.39. The van der Waals surface area contributed by atoms with Crippen LogP contribution in [0, 0.1) is 13.8 Å². The van der Waals surface area contributed by atoms with Crippen molar-refractivity contribution in [3.63, 3.8) is 0 Å². The molecule has 0 saturated heterocycles. The summed E-state index contributed by atoms with van der Waals surface area (Å²) < 4.78 is 1.40. The molecule has 0 aliphatic rings. The summed E-state index contributed by atoms with van der Waals surface area (Å²) in [5.74, 6) is 0. The molecule has 0 aliphatic carbocycles. The highest BCUT2D eigenvalue weighted by Gasteiger charge is 2.15. The second-order valence-corrected chi connectivity index (χ2v) is 8.70. The van der Waals surface area contributed by atoms with Gasteiger partial charge in [-0.05, 0) is 50.2 Å². The van der Waals surface area contributed by atoms with E-state index in [0.717, 1.165) is 16.9 Å². The predicted octanol–water partition coefficient (Wildman–Crippen LogP) is 7.74. The summed E-state index contributed by atoms with van der Waals surface area (Å²) in [5, 5.41) is 22.4. The van der Waals surface area contributed by atoms with E-state index in [1.807, 2.05) is 66.9 Å². The van der Waals surface area contributed by atoms with Gasteiger partial charge in [-0.3, -0.25) is 9.89 Å². The van der Waals surface area contributed by atoms with Gasteiger partial charge < -0.3 is 0 Å². The Morgan fingerprint density at radius 2 is 1.37 bits per heavy atom. The topological polar surface area (TPSA) is 100 Å². The van der Waals surface area contributed by atoms with Crippen LogP contribution in [0.3, 0.4) is 0 Å². The fourth-order valence-corrected chi connectivity index (χ4v) is 4.11. The van der Waals surface area contributed by atoms with E-state index in [-0.39, 0.29) is 11.2 Å². The van der Waals surface area contributed by atoms with Crippen LogP contribution >= 0.6 is 11.3 Å². The Bertz CT molecular complexity index is 1560. The minimum atomic E-state index is -0.302. The van der Waals surface area contributed by atoms with E-state index in [1.54, 1.807) is 31.2 Å². The van der Waals surface area contributed by atoms with Gasteiger partial charge in [0.15, 0.2) is 5.69 Å². The van der Waals surface area contributed by atoms with E-state index >= 15 is 0 Å². The third-order valence-electron chi connectivity index (χ3n) is 5.22. The van der Waals surface area contributed by atoms with E-state index in [1.165, 1.54) is 21.6 Å². The second kappa shape index (κ2) is 9.78. The largest absolute Gasteiger partial charge is 0.301 e. The highest BCUT2D eigenvalue weighted by molar-refractivity contribution is 7.12. The number of hydrogen-bond donors (Lipinski definition) is 1. The zero-order valence-corrected chi connectivity index (χ0v) is 19.9. The number of rotatable bonds is 6. The Morgan fingerprint density at radius 3 is 2.03 bits per heavy atom. The molecule has 0 saturated carbocycles. The van der Waals surface area contributed by atoms with E-state index in [0.29, 0.717) is 22.2 Å². The first-order valence-electron chi connectivity index (χ1n) is 10.9. The van der Waals surface area contributed by atoms with Crippen LogP contribution in [0.15, 0.2) is 109 Å². The maximum Gasteiger partial charge on any atom is 0.301 e. The number of aromatic amines is 1. The lowest BCUT2D eigenvalue weighted by molar-refractivity contribution is 0.827. The van der Waals surface area contributed by atoms with Crippen molar-refractivity contribution in [2.45, 2.75) is 13.8 Å². The fraction of sp³-hybridized carbons (Fsp3) is 0.0769. The minimum absolute atomic E-state index is 0.241. The SMILES string of the molecule is Cc1ccc(-c2csc(-n3[nH]c(C)c(N=Nc4ccc(N=Nc5ccccc5)cc4)c3=O)n2)cc1. The quantitative estimate of drug-likeness (QED) is 0.252. The molecule has 0 unspecified atom stereocenters. The molecule has 0 atom stereocenters. The Balaban J connectivity index is 1.33. The molecule has 0 amide bonds. The Morgan fingerprint density at radius 1 is 0.771 bits per heavy atom. The average molecular weight is 480 g/mol. The fourth-order valence-electron chi connectivity index (χ4n) is 3.32. The first kappa shape index (κ1) is 22.3. The van der Waals surface area contributed by atoms with Gasteiger partial charge in [0.05, 0.1) is 28.5 Å². The van der Waals surface area contributed by atoms with Crippen LogP contribution in [0.5, 0.6) is 0 Å². The lowest BCUT2D eigenvalue weighted by atomic mass is 10.1. The Hall–Kier alpha value is -4.50. The summed E-state index contributed by atoms with van der Waals surface area (Å²) in [7, 11) is 0. The van der Waals surface area contributed by atoms with Crippen LogP contribution in [0.4, 0.5) is 22.7 Å². The highest BCUT2D eigenvalue weighted by atomic mass is 32.1. The van der Waals surface area contributed by atoms with Gasteiger partial charge >= 0.3 is 5.56 Å². The zero-order chi connectivity index (χ0) is 24.2. The number of hydrogen-bond acceptors (Lipinski definition) is 7. The molecule has 5 rings (SSSR count). The maximum atomic E-state index is 13.0. The molecule has 5 aromatic rings. The third-order valence-corrected chi connectivity index (χ3v) is 6.05. The van der Waals surface area contributed by atoms with Gasteiger partial charge in [-0.2, -0.15) is 20.0 Å². The van der Waals surface area contributed by atoms with Crippen molar-refractivity contribution in [1.82, 2.24) is 14.8 Å². The van der Waals surface area contributed by atoms with Crippen molar-refractivity contribution in [3.05, 3.63) is 106 Å². The predicted molar refractivity (Wildman–Crippen MR) is 138 cm³/mol. The minimum Gasteiger partial charge on any atom is -0.291 e. The molecule has 1 N–H and O–H groups in total. The average Bonchev–Trinajstić information content (AvgIpc) is 3.48. The van der Waals surface area contributed by atoms with Gasteiger partial charge in [0.2, 0.25) is 5.13 Å². The molecule has 0 radical (unpaired) electrons. The lowest BCUT2D eigenvalue weighted by Gasteiger charge is -1.97.